The van der Waals surface area contributed by atoms with E-state index >= 15 is 0 Å². The molecule has 4 N–H and O–H groups in total. The number of para-hydroxylation sites is 1. The molecule has 0 unspecified atom stereocenters. The van der Waals surface area contributed by atoms with Crippen LogP contribution in [0.15, 0.2) is 60.9 Å². The van der Waals surface area contributed by atoms with Crippen LogP contribution < -0.4 is 11.5 Å². The van der Waals surface area contributed by atoms with E-state index in [4.69, 9.17) is 11.5 Å². The Kier molecular flexibility index (Phi) is 4.89. The van der Waals surface area contributed by atoms with E-state index in [9.17, 15) is 13.2 Å². The first-order valence-corrected chi connectivity index (χ1v) is 9.87. The molecule has 0 atom stereocenters. The third-order valence-corrected chi connectivity index (χ3v) is 5.24. The van der Waals surface area contributed by atoms with Gasteiger partial charge in [0.15, 0.2) is 11.6 Å². The van der Waals surface area contributed by atoms with Crippen molar-refractivity contribution >= 4 is 22.5 Å². The van der Waals surface area contributed by atoms with Crippen molar-refractivity contribution in [1.29, 1.82) is 0 Å². The van der Waals surface area contributed by atoms with Crippen LogP contribution in [0.3, 0.4) is 0 Å². The largest absolute Gasteiger partial charge is 0.383 e. The van der Waals surface area contributed by atoms with Gasteiger partial charge in [0.2, 0.25) is 0 Å². The minimum Gasteiger partial charge on any atom is -0.383 e. The molecule has 164 valence electrons. The van der Waals surface area contributed by atoms with E-state index in [2.05, 4.69) is 20.1 Å². The number of nitrogens with zero attached hydrogens (tertiary/aromatic N) is 5. The minimum atomic E-state index is -1.25. The topological polar surface area (TPSA) is 109 Å². The molecule has 2 aromatic carbocycles. The zero-order chi connectivity index (χ0) is 23.1. The van der Waals surface area contributed by atoms with Crippen LogP contribution >= 0.6 is 0 Å². The van der Waals surface area contributed by atoms with E-state index in [0.717, 1.165) is 12.1 Å². The molecule has 7 nitrogen and oxygen atoms in total. The number of aromatic nitrogens is 5. The normalized spacial score (nSPS) is 11.2. The molecule has 0 fully saturated rings. The molecule has 33 heavy (non-hydrogen) atoms. The third-order valence-electron chi connectivity index (χ3n) is 5.24. The Balaban J connectivity index is 1.65. The summed E-state index contributed by atoms with van der Waals surface area (Å²) < 4.78 is 43.6. The third kappa shape index (κ3) is 3.51. The summed E-state index contributed by atoms with van der Waals surface area (Å²) in [6, 6.07) is 12.1. The summed E-state index contributed by atoms with van der Waals surface area (Å²) in [5.74, 6) is -2.93. The van der Waals surface area contributed by atoms with Gasteiger partial charge in [0.25, 0.3) is 5.95 Å². The van der Waals surface area contributed by atoms with Crippen LogP contribution in [0.2, 0.25) is 0 Å². The SMILES string of the molecule is Nc1nc(-n2nc(Cc3c(F)ccc(F)c3F)c3ccccc32)nc(N)c1-c1cccnc1. The Bertz CT molecular complexity index is 1480. The first kappa shape index (κ1) is 20.4. The minimum absolute atomic E-state index is 0.0836. The van der Waals surface area contributed by atoms with Crippen LogP contribution in [0.25, 0.3) is 28.0 Å². The van der Waals surface area contributed by atoms with E-state index in [-0.39, 0.29) is 24.0 Å². The molecule has 3 heterocycles. The summed E-state index contributed by atoms with van der Waals surface area (Å²) >= 11 is 0. The van der Waals surface area contributed by atoms with Crippen molar-refractivity contribution < 1.29 is 13.2 Å². The average molecular weight is 447 g/mol. The fraction of sp³-hybridized carbons (Fsp3) is 0.0435. The lowest BCUT2D eigenvalue weighted by molar-refractivity contribution is 0.482. The van der Waals surface area contributed by atoms with Gasteiger partial charge in [0.05, 0.1) is 16.8 Å². The van der Waals surface area contributed by atoms with Gasteiger partial charge in [-0.15, -0.1) is 0 Å². The van der Waals surface area contributed by atoms with E-state index in [1.54, 1.807) is 48.8 Å². The number of nitrogens with two attached hydrogens (primary N) is 2. The number of anilines is 2. The van der Waals surface area contributed by atoms with Gasteiger partial charge in [0, 0.05) is 35.3 Å². The number of benzene rings is 2. The predicted octanol–water partition coefficient (Wildman–Crippen LogP) is 4.05. The monoisotopic (exact) mass is 447 g/mol. The Hall–Kier alpha value is -4.47. The van der Waals surface area contributed by atoms with Crippen LogP contribution in [-0.4, -0.2) is 24.7 Å². The van der Waals surface area contributed by atoms with Gasteiger partial charge in [0.1, 0.15) is 17.5 Å². The van der Waals surface area contributed by atoms with Gasteiger partial charge in [-0.05, 0) is 24.3 Å². The maximum atomic E-state index is 14.3. The molecular formula is C23H16F3N7. The Morgan fingerprint density at radius 2 is 1.58 bits per heavy atom. The van der Waals surface area contributed by atoms with Gasteiger partial charge in [-0.1, -0.05) is 24.3 Å². The predicted molar refractivity (Wildman–Crippen MR) is 118 cm³/mol. The number of halogens is 3. The van der Waals surface area contributed by atoms with E-state index in [1.807, 2.05) is 0 Å². The highest BCUT2D eigenvalue weighted by atomic mass is 19.2. The van der Waals surface area contributed by atoms with Crippen LogP contribution in [-0.2, 0) is 6.42 Å². The number of rotatable bonds is 4. The van der Waals surface area contributed by atoms with Crippen molar-refractivity contribution in [2.45, 2.75) is 6.42 Å². The summed E-state index contributed by atoms with van der Waals surface area (Å²) in [5, 5.41) is 5.06. The van der Waals surface area contributed by atoms with Gasteiger partial charge in [-0.2, -0.15) is 19.7 Å². The lowest BCUT2D eigenvalue weighted by Crippen LogP contribution is -2.10. The Morgan fingerprint density at radius 3 is 2.30 bits per heavy atom. The van der Waals surface area contributed by atoms with Crippen molar-refractivity contribution in [3.8, 4) is 17.1 Å². The van der Waals surface area contributed by atoms with Gasteiger partial charge in [-0.3, -0.25) is 4.98 Å². The summed E-state index contributed by atoms with van der Waals surface area (Å²) in [5.41, 5.74) is 13.9. The van der Waals surface area contributed by atoms with Crippen LogP contribution in [0.4, 0.5) is 24.8 Å². The highest BCUT2D eigenvalue weighted by Gasteiger charge is 2.21. The van der Waals surface area contributed by atoms with E-state index in [1.165, 1.54) is 4.68 Å². The molecule has 0 aliphatic carbocycles. The Morgan fingerprint density at radius 1 is 0.848 bits per heavy atom. The molecule has 0 saturated carbocycles. The quantitative estimate of drug-likeness (QED) is 0.403. The van der Waals surface area contributed by atoms with E-state index in [0.29, 0.717) is 27.7 Å². The molecule has 0 saturated heterocycles. The summed E-state index contributed by atoms with van der Waals surface area (Å²) in [7, 11) is 0. The standard InChI is InChI=1S/C23H16F3N7/c24-15-7-8-16(25)20(26)14(15)10-17-13-5-1-2-6-18(13)33(32-17)23-30-21(27)19(22(28)31-23)12-4-3-9-29-11-12/h1-9,11H,10H2,(H4,27,28,30,31). The number of hydrogen-bond donors (Lipinski definition) is 2. The Labute approximate surface area is 185 Å². The van der Waals surface area contributed by atoms with Crippen molar-refractivity contribution in [2.75, 3.05) is 11.5 Å². The number of nitrogen functional groups attached to an aromatic ring is 2. The molecule has 10 heteroatoms. The molecule has 0 radical (unpaired) electrons. The summed E-state index contributed by atoms with van der Waals surface area (Å²) in [6.07, 6.45) is 2.93. The van der Waals surface area contributed by atoms with Crippen molar-refractivity contribution in [2.24, 2.45) is 0 Å². The zero-order valence-corrected chi connectivity index (χ0v) is 17.0. The molecule has 5 aromatic rings. The molecule has 0 bridgehead atoms. The van der Waals surface area contributed by atoms with Crippen LogP contribution in [0.5, 0.6) is 0 Å². The second kappa shape index (κ2) is 7.90. The summed E-state index contributed by atoms with van der Waals surface area (Å²) in [4.78, 5) is 12.8. The first-order valence-electron chi connectivity index (χ1n) is 9.87. The van der Waals surface area contributed by atoms with Gasteiger partial charge >= 0.3 is 0 Å². The first-order chi connectivity index (χ1) is 15.9. The molecular weight excluding hydrogens is 431 g/mol. The van der Waals surface area contributed by atoms with Crippen molar-refractivity contribution in [3.63, 3.8) is 0 Å². The lowest BCUT2D eigenvalue weighted by Gasteiger charge is -2.10. The number of fused-ring (bicyclic) bond motifs is 1. The number of hydrogen-bond acceptors (Lipinski definition) is 6. The molecule has 5 rings (SSSR count). The maximum Gasteiger partial charge on any atom is 0.255 e. The molecule has 0 spiro atoms. The van der Waals surface area contributed by atoms with Gasteiger partial charge in [-0.25, -0.2) is 13.2 Å². The number of pyridine rings is 1. The second-order valence-electron chi connectivity index (χ2n) is 7.28. The molecule has 0 amide bonds. The van der Waals surface area contributed by atoms with Crippen LogP contribution in [0.1, 0.15) is 11.3 Å². The summed E-state index contributed by atoms with van der Waals surface area (Å²) in [6.45, 7) is 0. The average Bonchev–Trinajstić information content (AvgIpc) is 3.18. The fourth-order valence-electron chi connectivity index (χ4n) is 3.70. The molecule has 3 aromatic heterocycles. The zero-order valence-electron chi connectivity index (χ0n) is 17.0. The smallest absolute Gasteiger partial charge is 0.255 e. The maximum absolute atomic E-state index is 14.3. The molecule has 0 aliphatic rings. The van der Waals surface area contributed by atoms with Gasteiger partial charge < -0.3 is 11.5 Å². The fourth-order valence-corrected chi connectivity index (χ4v) is 3.70. The van der Waals surface area contributed by atoms with Crippen molar-refractivity contribution in [1.82, 2.24) is 24.7 Å². The highest BCUT2D eigenvalue weighted by Crippen LogP contribution is 2.31. The highest BCUT2D eigenvalue weighted by molar-refractivity contribution is 5.85. The van der Waals surface area contributed by atoms with E-state index < -0.39 is 23.0 Å². The lowest BCUT2D eigenvalue weighted by atomic mass is 10.1. The second-order valence-corrected chi connectivity index (χ2v) is 7.28. The van der Waals surface area contributed by atoms with Crippen molar-refractivity contribution in [3.05, 3.63) is 89.6 Å². The molecule has 0 aliphatic heterocycles. The van der Waals surface area contributed by atoms with Crippen LogP contribution in [0, 0.1) is 17.5 Å².